The summed E-state index contributed by atoms with van der Waals surface area (Å²) in [4.78, 5) is 6.18. The Morgan fingerprint density at radius 3 is 2.62 bits per heavy atom. The van der Waals surface area contributed by atoms with Crippen molar-refractivity contribution >= 4 is 21.6 Å². The van der Waals surface area contributed by atoms with Gasteiger partial charge >= 0.3 is 0 Å². The average molecular weight is 386 g/mol. The molecule has 3 rings (SSSR count). The summed E-state index contributed by atoms with van der Waals surface area (Å²) in [6.45, 7) is 1.61. The SMILES string of the molecule is CN(C)Cc1ccc(NCc2cc(-c3ccncc3)n[nH]2)cc1Br. The lowest BCUT2D eigenvalue weighted by molar-refractivity contribution is 0.401. The highest BCUT2D eigenvalue weighted by molar-refractivity contribution is 9.10. The molecule has 0 aliphatic carbocycles. The summed E-state index contributed by atoms with van der Waals surface area (Å²) in [7, 11) is 4.13. The second-order valence-electron chi connectivity index (χ2n) is 5.91. The zero-order valence-electron chi connectivity index (χ0n) is 13.8. The first-order valence-electron chi connectivity index (χ1n) is 7.73. The van der Waals surface area contributed by atoms with E-state index in [9.17, 15) is 0 Å². The van der Waals surface area contributed by atoms with Crippen molar-refractivity contribution in [3.63, 3.8) is 0 Å². The normalized spacial score (nSPS) is 11.0. The van der Waals surface area contributed by atoms with Crippen LogP contribution in [0.15, 0.2) is 53.3 Å². The lowest BCUT2D eigenvalue weighted by atomic mass is 10.2. The standard InChI is InChI=1S/C18H20BrN5/c1-24(2)12-14-3-4-15(9-17(14)19)21-11-16-10-18(23-22-16)13-5-7-20-8-6-13/h3-10,21H,11-12H2,1-2H3,(H,22,23). The van der Waals surface area contributed by atoms with E-state index < -0.39 is 0 Å². The molecular weight excluding hydrogens is 366 g/mol. The molecule has 0 spiro atoms. The predicted molar refractivity (Wildman–Crippen MR) is 101 cm³/mol. The van der Waals surface area contributed by atoms with Crippen LogP contribution < -0.4 is 5.32 Å². The third-order valence-electron chi connectivity index (χ3n) is 3.63. The van der Waals surface area contributed by atoms with Crippen LogP contribution in [-0.4, -0.2) is 34.2 Å². The van der Waals surface area contributed by atoms with Crippen LogP contribution in [0.3, 0.4) is 0 Å². The van der Waals surface area contributed by atoms with E-state index in [1.54, 1.807) is 12.4 Å². The highest BCUT2D eigenvalue weighted by Crippen LogP contribution is 2.23. The van der Waals surface area contributed by atoms with Crippen LogP contribution in [0.1, 0.15) is 11.3 Å². The maximum absolute atomic E-state index is 4.36. The zero-order chi connectivity index (χ0) is 16.9. The number of hydrogen-bond acceptors (Lipinski definition) is 4. The van der Waals surface area contributed by atoms with E-state index in [-0.39, 0.29) is 0 Å². The molecule has 0 radical (unpaired) electrons. The van der Waals surface area contributed by atoms with E-state index in [1.165, 1.54) is 5.56 Å². The van der Waals surface area contributed by atoms with Crippen LogP contribution in [0.4, 0.5) is 5.69 Å². The van der Waals surface area contributed by atoms with Gasteiger partial charge in [0.05, 0.1) is 17.9 Å². The van der Waals surface area contributed by atoms with Crippen LogP contribution in [0.2, 0.25) is 0 Å². The molecule has 0 bridgehead atoms. The second-order valence-corrected chi connectivity index (χ2v) is 6.77. The summed E-state index contributed by atoms with van der Waals surface area (Å²) < 4.78 is 1.11. The van der Waals surface area contributed by atoms with Crippen LogP contribution >= 0.6 is 15.9 Å². The molecule has 0 saturated carbocycles. The Morgan fingerprint density at radius 2 is 1.92 bits per heavy atom. The van der Waals surface area contributed by atoms with E-state index in [4.69, 9.17) is 0 Å². The van der Waals surface area contributed by atoms with Gasteiger partial charge in [0.2, 0.25) is 0 Å². The Kier molecular flexibility index (Phi) is 5.27. The molecule has 0 atom stereocenters. The highest BCUT2D eigenvalue weighted by Gasteiger charge is 2.05. The summed E-state index contributed by atoms with van der Waals surface area (Å²) >= 11 is 3.64. The van der Waals surface area contributed by atoms with Gasteiger partial charge in [0.25, 0.3) is 0 Å². The lowest BCUT2D eigenvalue weighted by Crippen LogP contribution is -2.11. The molecule has 6 heteroatoms. The smallest absolute Gasteiger partial charge is 0.0925 e. The van der Waals surface area contributed by atoms with Crippen molar-refractivity contribution in [2.75, 3.05) is 19.4 Å². The molecule has 124 valence electrons. The molecule has 24 heavy (non-hydrogen) atoms. The van der Waals surface area contributed by atoms with Gasteiger partial charge in [-0.3, -0.25) is 10.1 Å². The monoisotopic (exact) mass is 385 g/mol. The van der Waals surface area contributed by atoms with E-state index >= 15 is 0 Å². The first-order chi connectivity index (χ1) is 11.6. The van der Waals surface area contributed by atoms with Crippen LogP contribution in [-0.2, 0) is 13.1 Å². The minimum atomic E-state index is 0.692. The third kappa shape index (κ3) is 4.21. The maximum atomic E-state index is 4.36. The summed E-state index contributed by atoms with van der Waals surface area (Å²) in [6.07, 6.45) is 3.55. The Bertz CT molecular complexity index is 798. The molecule has 2 N–H and O–H groups in total. The lowest BCUT2D eigenvalue weighted by Gasteiger charge is -2.13. The van der Waals surface area contributed by atoms with Crippen molar-refractivity contribution in [3.05, 3.63) is 64.5 Å². The Morgan fingerprint density at radius 1 is 1.12 bits per heavy atom. The molecular formula is C18H20BrN5. The second kappa shape index (κ2) is 7.59. The van der Waals surface area contributed by atoms with Gasteiger partial charge in [-0.25, -0.2) is 0 Å². The number of anilines is 1. The fourth-order valence-electron chi connectivity index (χ4n) is 2.45. The minimum Gasteiger partial charge on any atom is -0.379 e. The molecule has 2 heterocycles. The number of nitrogens with zero attached hydrogens (tertiary/aromatic N) is 3. The fourth-order valence-corrected chi connectivity index (χ4v) is 2.95. The number of H-pyrrole nitrogens is 1. The first-order valence-corrected chi connectivity index (χ1v) is 8.53. The first kappa shape index (κ1) is 16.7. The van der Waals surface area contributed by atoms with Crippen molar-refractivity contribution in [2.45, 2.75) is 13.1 Å². The van der Waals surface area contributed by atoms with Crippen molar-refractivity contribution in [1.29, 1.82) is 0 Å². The molecule has 0 saturated heterocycles. The molecule has 0 aliphatic heterocycles. The third-order valence-corrected chi connectivity index (χ3v) is 4.37. The van der Waals surface area contributed by atoms with Gasteiger partial charge in [0.15, 0.2) is 0 Å². The molecule has 0 unspecified atom stereocenters. The van der Waals surface area contributed by atoms with Crippen molar-refractivity contribution in [3.8, 4) is 11.3 Å². The van der Waals surface area contributed by atoms with Crippen LogP contribution in [0.5, 0.6) is 0 Å². The predicted octanol–water partition coefficient (Wildman–Crippen LogP) is 3.91. The number of nitrogens with one attached hydrogen (secondary N) is 2. The zero-order valence-corrected chi connectivity index (χ0v) is 15.3. The maximum Gasteiger partial charge on any atom is 0.0925 e. The Hall–Kier alpha value is -2.18. The summed E-state index contributed by atoms with van der Waals surface area (Å²) in [6, 6.07) is 12.3. The van der Waals surface area contributed by atoms with E-state index in [2.05, 4.69) is 79.7 Å². The van der Waals surface area contributed by atoms with Crippen LogP contribution in [0.25, 0.3) is 11.3 Å². The largest absolute Gasteiger partial charge is 0.379 e. The van der Waals surface area contributed by atoms with E-state index in [0.29, 0.717) is 6.54 Å². The van der Waals surface area contributed by atoms with Crippen molar-refractivity contribution in [2.24, 2.45) is 0 Å². The number of rotatable bonds is 6. The van der Waals surface area contributed by atoms with Crippen molar-refractivity contribution < 1.29 is 0 Å². The summed E-state index contributed by atoms with van der Waals surface area (Å²) in [5.74, 6) is 0. The van der Waals surface area contributed by atoms with Gasteiger partial charge in [0.1, 0.15) is 0 Å². The molecule has 5 nitrogen and oxygen atoms in total. The number of hydrogen-bond donors (Lipinski definition) is 2. The molecule has 3 aromatic rings. The summed E-state index contributed by atoms with van der Waals surface area (Å²) in [5, 5.41) is 10.9. The molecule has 2 aromatic heterocycles. The van der Waals surface area contributed by atoms with Gasteiger partial charge in [-0.05, 0) is 50.0 Å². The van der Waals surface area contributed by atoms with Crippen LogP contribution in [0, 0.1) is 0 Å². The van der Waals surface area contributed by atoms with Gasteiger partial charge in [-0.1, -0.05) is 22.0 Å². The number of aromatic nitrogens is 3. The quantitative estimate of drug-likeness (QED) is 0.675. The van der Waals surface area contributed by atoms with Gasteiger partial charge < -0.3 is 10.2 Å². The molecule has 0 fully saturated rings. The fraction of sp³-hybridized carbons (Fsp3) is 0.222. The average Bonchev–Trinajstić information content (AvgIpc) is 3.05. The Balaban J connectivity index is 1.64. The molecule has 0 aliphatic rings. The van der Waals surface area contributed by atoms with E-state index in [1.807, 2.05) is 12.1 Å². The topological polar surface area (TPSA) is 56.8 Å². The highest BCUT2D eigenvalue weighted by atomic mass is 79.9. The minimum absolute atomic E-state index is 0.692. The number of pyridine rings is 1. The Labute approximate surface area is 150 Å². The van der Waals surface area contributed by atoms with Crippen molar-refractivity contribution in [1.82, 2.24) is 20.1 Å². The number of halogens is 1. The number of benzene rings is 1. The summed E-state index contributed by atoms with van der Waals surface area (Å²) in [5.41, 5.74) is 5.37. The molecule has 0 amide bonds. The molecule has 1 aromatic carbocycles. The van der Waals surface area contributed by atoms with Gasteiger partial charge in [-0.15, -0.1) is 0 Å². The van der Waals surface area contributed by atoms with E-state index in [0.717, 1.165) is 33.7 Å². The van der Waals surface area contributed by atoms with Gasteiger partial charge in [0, 0.05) is 34.7 Å². The number of aromatic amines is 1. The van der Waals surface area contributed by atoms with Gasteiger partial charge in [-0.2, -0.15) is 5.10 Å².